The SMILES string of the molecule is N#CNC(=O)CNC(=O)c1ccco1. The molecule has 6 nitrogen and oxygen atoms in total. The van der Waals surface area contributed by atoms with Crippen LogP contribution < -0.4 is 10.6 Å². The first-order valence-electron chi connectivity index (χ1n) is 3.73. The number of hydrogen-bond donors (Lipinski definition) is 2. The van der Waals surface area contributed by atoms with Crippen LogP contribution in [-0.2, 0) is 4.79 Å². The molecular weight excluding hydrogens is 186 g/mol. The van der Waals surface area contributed by atoms with Gasteiger partial charge in [0.05, 0.1) is 12.8 Å². The van der Waals surface area contributed by atoms with Gasteiger partial charge in [-0.05, 0) is 12.1 Å². The fourth-order valence-electron chi connectivity index (χ4n) is 0.762. The van der Waals surface area contributed by atoms with Gasteiger partial charge in [0.2, 0.25) is 0 Å². The first-order chi connectivity index (χ1) is 6.74. The van der Waals surface area contributed by atoms with Crippen molar-refractivity contribution in [2.45, 2.75) is 0 Å². The third-order valence-electron chi connectivity index (χ3n) is 1.35. The van der Waals surface area contributed by atoms with Crippen LogP contribution in [0.3, 0.4) is 0 Å². The van der Waals surface area contributed by atoms with Gasteiger partial charge in [0, 0.05) is 0 Å². The van der Waals surface area contributed by atoms with Crippen molar-refractivity contribution in [1.82, 2.24) is 10.6 Å². The Morgan fingerprint density at radius 2 is 2.36 bits per heavy atom. The summed E-state index contributed by atoms with van der Waals surface area (Å²) in [5.74, 6) is -0.953. The lowest BCUT2D eigenvalue weighted by molar-refractivity contribution is -0.119. The third kappa shape index (κ3) is 2.64. The maximum absolute atomic E-state index is 11.1. The molecule has 0 spiro atoms. The molecule has 0 aliphatic rings. The van der Waals surface area contributed by atoms with Crippen LogP contribution in [0.4, 0.5) is 0 Å². The van der Waals surface area contributed by atoms with Crippen molar-refractivity contribution in [2.24, 2.45) is 0 Å². The van der Waals surface area contributed by atoms with Crippen molar-refractivity contribution in [1.29, 1.82) is 5.26 Å². The third-order valence-corrected chi connectivity index (χ3v) is 1.35. The minimum absolute atomic E-state index is 0.120. The minimum atomic E-state index is -0.576. The van der Waals surface area contributed by atoms with E-state index in [4.69, 9.17) is 9.68 Å². The van der Waals surface area contributed by atoms with Crippen molar-refractivity contribution in [2.75, 3.05) is 6.54 Å². The van der Waals surface area contributed by atoms with Gasteiger partial charge in [-0.3, -0.25) is 14.9 Å². The molecule has 0 saturated carbocycles. The first-order valence-corrected chi connectivity index (χ1v) is 3.73. The molecule has 2 amide bonds. The summed E-state index contributed by atoms with van der Waals surface area (Å²) in [7, 11) is 0. The molecule has 6 heteroatoms. The summed E-state index contributed by atoms with van der Waals surface area (Å²) in [6, 6.07) is 3.03. The average Bonchev–Trinajstić information content (AvgIpc) is 2.67. The first kappa shape index (κ1) is 9.80. The fraction of sp³-hybridized carbons (Fsp3) is 0.125. The van der Waals surface area contributed by atoms with Crippen LogP contribution in [0, 0.1) is 11.5 Å². The molecule has 0 atom stereocenters. The summed E-state index contributed by atoms with van der Waals surface area (Å²) in [6.45, 7) is -0.257. The highest BCUT2D eigenvalue weighted by molar-refractivity contribution is 5.94. The van der Waals surface area contributed by atoms with Crippen LogP contribution in [0.15, 0.2) is 22.8 Å². The number of nitrogens with zero attached hydrogens (tertiary/aromatic N) is 1. The molecule has 0 bridgehead atoms. The van der Waals surface area contributed by atoms with E-state index in [1.807, 2.05) is 5.32 Å². The maximum Gasteiger partial charge on any atom is 0.287 e. The van der Waals surface area contributed by atoms with Crippen LogP contribution in [0.1, 0.15) is 10.6 Å². The van der Waals surface area contributed by atoms with E-state index < -0.39 is 11.8 Å². The van der Waals surface area contributed by atoms with Gasteiger partial charge in [-0.2, -0.15) is 5.26 Å². The number of carbonyl (C=O) groups excluding carboxylic acids is 2. The number of amides is 2. The smallest absolute Gasteiger partial charge is 0.287 e. The van der Waals surface area contributed by atoms with E-state index in [-0.39, 0.29) is 12.3 Å². The van der Waals surface area contributed by atoms with Crippen LogP contribution in [0.5, 0.6) is 0 Å². The second-order valence-corrected chi connectivity index (χ2v) is 2.32. The fourth-order valence-corrected chi connectivity index (χ4v) is 0.762. The predicted octanol–water partition coefficient (Wildman–Crippen LogP) is -0.393. The molecular formula is C8H7N3O3. The van der Waals surface area contributed by atoms with Gasteiger partial charge >= 0.3 is 0 Å². The lowest BCUT2D eigenvalue weighted by Crippen LogP contribution is -2.34. The Balaban J connectivity index is 2.37. The van der Waals surface area contributed by atoms with E-state index in [0.717, 1.165) is 0 Å². The number of furan rings is 1. The maximum atomic E-state index is 11.1. The lowest BCUT2D eigenvalue weighted by Gasteiger charge is -1.99. The predicted molar refractivity (Wildman–Crippen MR) is 44.8 cm³/mol. The number of nitriles is 1. The van der Waals surface area contributed by atoms with Crippen molar-refractivity contribution in [3.63, 3.8) is 0 Å². The number of hydrogen-bond acceptors (Lipinski definition) is 4. The van der Waals surface area contributed by atoms with Crippen molar-refractivity contribution < 1.29 is 14.0 Å². The second kappa shape index (κ2) is 4.67. The molecule has 0 fully saturated rings. The summed E-state index contributed by atoms with van der Waals surface area (Å²) in [4.78, 5) is 21.9. The zero-order valence-corrected chi connectivity index (χ0v) is 7.11. The van der Waals surface area contributed by atoms with Crippen molar-refractivity contribution >= 4 is 11.8 Å². The Hall–Kier alpha value is -2.29. The van der Waals surface area contributed by atoms with Gasteiger partial charge < -0.3 is 9.73 Å². The quantitative estimate of drug-likeness (QED) is 0.504. The van der Waals surface area contributed by atoms with Crippen LogP contribution >= 0.6 is 0 Å². The normalized spacial score (nSPS) is 8.79. The van der Waals surface area contributed by atoms with Crippen LogP contribution in [0.25, 0.3) is 0 Å². The molecule has 72 valence electrons. The standard InChI is InChI=1S/C8H7N3O3/c9-5-11-7(12)4-10-8(13)6-2-1-3-14-6/h1-3H,4H2,(H,10,13)(H,11,12). The summed E-state index contributed by atoms with van der Waals surface area (Å²) in [5.41, 5.74) is 0. The topological polar surface area (TPSA) is 95.1 Å². The Bertz CT molecular complexity index is 364. The van der Waals surface area contributed by atoms with E-state index >= 15 is 0 Å². The van der Waals surface area contributed by atoms with Crippen LogP contribution in [-0.4, -0.2) is 18.4 Å². The molecule has 1 rings (SSSR count). The van der Waals surface area contributed by atoms with E-state index in [2.05, 4.69) is 5.32 Å². The van der Waals surface area contributed by atoms with Gasteiger partial charge in [0.25, 0.3) is 11.8 Å². The van der Waals surface area contributed by atoms with Gasteiger partial charge in [0.1, 0.15) is 0 Å². The summed E-state index contributed by atoms with van der Waals surface area (Å²) < 4.78 is 4.78. The Labute approximate surface area is 79.5 Å². The average molecular weight is 193 g/mol. The highest BCUT2D eigenvalue weighted by Crippen LogP contribution is 1.98. The molecule has 0 aliphatic heterocycles. The van der Waals surface area contributed by atoms with Gasteiger partial charge in [-0.25, -0.2) is 0 Å². The van der Waals surface area contributed by atoms with Gasteiger partial charge in [0.15, 0.2) is 12.0 Å². The molecule has 1 heterocycles. The molecule has 0 radical (unpaired) electrons. The molecule has 0 unspecified atom stereocenters. The largest absolute Gasteiger partial charge is 0.459 e. The molecule has 1 aromatic heterocycles. The number of carbonyl (C=O) groups is 2. The van der Waals surface area contributed by atoms with Crippen molar-refractivity contribution in [3.05, 3.63) is 24.2 Å². The zero-order valence-electron chi connectivity index (χ0n) is 7.11. The summed E-state index contributed by atoms with van der Waals surface area (Å²) in [6.07, 6.45) is 2.80. The highest BCUT2D eigenvalue weighted by atomic mass is 16.3. The lowest BCUT2D eigenvalue weighted by atomic mass is 10.4. The Morgan fingerprint density at radius 3 is 2.93 bits per heavy atom. The summed E-state index contributed by atoms with van der Waals surface area (Å²) >= 11 is 0. The van der Waals surface area contributed by atoms with E-state index in [1.54, 1.807) is 6.07 Å². The highest BCUT2D eigenvalue weighted by Gasteiger charge is 2.09. The van der Waals surface area contributed by atoms with E-state index in [0.29, 0.717) is 0 Å². The molecule has 0 saturated heterocycles. The summed E-state index contributed by atoms with van der Waals surface area (Å²) in [5, 5.41) is 12.2. The zero-order chi connectivity index (χ0) is 10.4. The minimum Gasteiger partial charge on any atom is -0.459 e. The monoisotopic (exact) mass is 193 g/mol. The second-order valence-electron chi connectivity index (χ2n) is 2.32. The Kier molecular flexibility index (Phi) is 3.27. The molecule has 0 aliphatic carbocycles. The van der Waals surface area contributed by atoms with Gasteiger partial charge in [-0.15, -0.1) is 0 Å². The van der Waals surface area contributed by atoms with Gasteiger partial charge in [-0.1, -0.05) is 0 Å². The number of rotatable bonds is 3. The van der Waals surface area contributed by atoms with Crippen molar-refractivity contribution in [3.8, 4) is 6.19 Å². The Morgan fingerprint density at radius 1 is 1.57 bits per heavy atom. The molecule has 2 N–H and O–H groups in total. The van der Waals surface area contributed by atoms with E-state index in [1.165, 1.54) is 18.5 Å². The molecule has 1 aromatic rings. The molecule has 14 heavy (non-hydrogen) atoms. The number of nitrogens with one attached hydrogen (secondary N) is 2. The van der Waals surface area contributed by atoms with Crippen LogP contribution in [0.2, 0.25) is 0 Å². The van der Waals surface area contributed by atoms with E-state index in [9.17, 15) is 9.59 Å². The molecule has 0 aromatic carbocycles.